The standard InChI is InChI=1S/C21H27N5O2/c1-6-24(16-10-8-7-9-11-16)18(27)12-13-25-15(2)23-19-17(20(25)28)14-22-26(19)21(3,4)5/h7-11,14H,6,12-13H2,1-5H3. The number of fused-ring (bicyclic) bond motifs is 1. The van der Waals surface area contributed by atoms with Crippen LogP contribution in [0.3, 0.4) is 0 Å². The SMILES string of the molecule is CCN(C(=O)CCn1c(C)nc2c(cnn2C(C)(C)C)c1=O)c1ccccc1. The van der Waals surface area contributed by atoms with Crippen molar-refractivity contribution in [2.24, 2.45) is 0 Å². The van der Waals surface area contributed by atoms with Crippen molar-refractivity contribution in [3.05, 3.63) is 52.7 Å². The van der Waals surface area contributed by atoms with E-state index < -0.39 is 0 Å². The predicted octanol–water partition coefficient (Wildman–Crippen LogP) is 3.10. The largest absolute Gasteiger partial charge is 0.313 e. The minimum Gasteiger partial charge on any atom is -0.313 e. The van der Waals surface area contributed by atoms with Crippen LogP contribution in [0.5, 0.6) is 0 Å². The Morgan fingerprint density at radius 2 is 1.86 bits per heavy atom. The number of aromatic nitrogens is 4. The van der Waals surface area contributed by atoms with E-state index in [4.69, 9.17) is 0 Å². The number of para-hydroxylation sites is 1. The van der Waals surface area contributed by atoms with Crippen LogP contribution in [0.25, 0.3) is 11.0 Å². The third-order valence-corrected chi connectivity index (χ3v) is 4.75. The maximum atomic E-state index is 13.0. The van der Waals surface area contributed by atoms with Crippen LogP contribution < -0.4 is 10.5 Å². The predicted molar refractivity (Wildman–Crippen MR) is 111 cm³/mol. The van der Waals surface area contributed by atoms with Gasteiger partial charge in [0.2, 0.25) is 5.91 Å². The molecule has 0 radical (unpaired) electrons. The van der Waals surface area contributed by atoms with Gasteiger partial charge in [0.15, 0.2) is 5.65 Å². The normalized spacial score (nSPS) is 11.8. The first-order chi connectivity index (χ1) is 13.2. The van der Waals surface area contributed by atoms with Gasteiger partial charge in [-0.2, -0.15) is 5.10 Å². The quantitative estimate of drug-likeness (QED) is 0.681. The number of carbonyl (C=O) groups is 1. The van der Waals surface area contributed by atoms with Crippen molar-refractivity contribution in [2.75, 3.05) is 11.4 Å². The first-order valence-corrected chi connectivity index (χ1v) is 9.55. The molecule has 0 atom stereocenters. The lowest BCUT2D eigenvalue weighted by atomic mass is 10.1. The van der Waals surface area contributed by atoms with Crippen molar-refractivity contribution < 1.29 is 4.79 Å². The summed E-state index contributed by atoms with van der Waals surface area (Å²) in [6.07, 6.45) is 1.79. The summed E-state index contributed by atoms with van der Waals surface area (Å²) in [6, 6.07) is 9.55. The molecule has 0 aliphatic heterocycles. The minimum absolute atomic E-state index is 0.0227. The number of hydrogen-bond donors (Lipinski definition) is 0. The third-order valence-electron chi connectivity index (χ3n) is 4.75. The van der Waals surface area contributed by atoms with E-state index in [1.165, 1.54) is 0 Å². The molecular weight excluding hydrogens is 354 g/mol. The molecule has 3 aromatic rings. The van der Waals surface area contributed by atoms with Crippen LogP contribution in [-0.2, 0) is 16.9 Å². The van der Waals surface area contributed by atoms with Gasteiger partial charge >= 0.3 is 0 Å². The lowest BCUT2D eigenvalue weighted by molar-refractivity contribution is -0.118. The maximum Gasteiger partial charge on any atom is 0.264 e. The number of nitrogens with zero attached hydrogens (tertiary/aromatic N) is 5. The molecule has 0 saturated heterocycles. The van der Waals surface area contributed by atoms with Gasteiger partial charge in [0.1, 0.15) is 11.2 Å². The summed E-state index contributed by atoms with van der Waals surface area (Å²) in [4.78, 5) is 32.0. The first-order valence-electron chi connectivity index (χ1n) is 9.55. The van der Waals surface area contributed by atoms with Gasteiger partial charge < -0.3 is 4.90 Å². The zero-order valence-corrected chi connectivity index (χ0v) is 17.1. The molecule has 0 aliphatic rings. The van der Waals surface area contributed by atoms with E-state index in [0.717, 1.165) is 5.69 Å². The van der Waals surface area contributed by atoms with E-state index in [-0.39, 0.29) is 30.0 Å². The Kier molecular flexibility index (Phi) is 5.36. The summed E-state index contributed by atoms with van der Waals surface area (Å²) >= 11 is 0. The molecule has 0 fully saturated rings. The molecule has 0 unspecified atom stereocenters. The van der Waals surface area contributed by atoms with Crippen LogP contribution in [0.2, 0.25) is 0 Å². The van der Waals surface area contributed by atoms with Crippen LogP contribution in [0, 0.1) is 6.92 Å². The van der Waals surface area contributed by atoms with E-state index >= 15 is 0 Å². The smallest absolute Gasteiger partial charge is 0.264 e. The summed E-state index contributed by atoms with van der Waals surface area (Å²) in [6.45, 7) is 10.6. The second kappa shape index (κ2) is 7.58. The lowest BCUT2D eigenvalue weighted by Gasteiger charge is -2.22. The fourth-order valence-corrected chi connectivity index (χ4v) is 3.31. The van der Waals surface area contributed by atoms with Crippen molar-refractivity contribution in [2.45, 2.75) is 53.1 Å². The van der Waals surface area contributed by atoms with Crippen molar-refractivity contribution in [3.63, 3.8) is 0 Å². The van der Waals surface area contributed by atoms with Crippen molar-refractivity contribution >= 4 is 22.6 Å². The highest BCUT2D eigenvalue weighted by atomic mass is 16.2. The molecule has 1 aromatic carbocycles. The van der Waals surface area contributed by atoms with Gasteiger partial charge in [-0.05, 0) is 46.8 Å². The first kappa shape index (κ1) is 19.8. The Labute approximate surface area is 164 Å². The zero-order valence-electron chi connectivity index (χ0n) is 17.1. The number of benzene rings is 1. The van der Waals surface area contributed by atoms with Gasteiger partial charge in [0.05, 0.1) is 11.7 Å². The average molecular weight is 381 g/mol. The lowest BCUT2D eigenvalue weighted by Crippen LogP contribution is -2.33. The van der Waals surface area contributed by atoms with E-state index in [1.54, 1.807) is 27.3 Å². The molecule has 7 nitrogen and oxygen atoms in total. The molecule has 0 saturated carbocycles. The molecule has 2 heterocycles. The highest BCUT2D eigenvalue weighted by Crippen LogP contribution is 2.19. The topological polar surface area (TPSA) is 73.0 Å². The van der Waals surface area contributed by atoms with E-state index in [2.05, 4.69) is 10.1 Å². The Morgan fingerprint density at radius 1 is 1.18 bits per heavy atom. The second-order valence-electron chi connectivity index (χ2n) is 7.80. The van der Waals surface area contributed by atoms with Gasteiger partial charge in [0.25, 0.3) is 5.56 Å². The number of rotatable bonds is 5. The van der Waals surface area contributed by atoms with Gasteiger partial charge in [-0.3, -0.25) is 14.2 Å². The molecular formula is C21H27N5O2. The van der Waals surface area contributed by atoms with Gasteiger partial charge in [0, 0.05) is 25.2 Å². The summed E-state index contributed by atoms with van der Waals surface area (Å²) in [5, 5.41) is 4.83. The monoisotopic (exact) mass is 381 g/mol. The molecule has 0 N–H and O–H groups in total. The van der Waals surface area contributed by atoms with Crippen molar-refractivity contribution in [3.8, 4) is 0 Å². The van der Waals surface area contributed by atoms with Gasteiger partial charge in [-0.15, -0.1) is 0 Å². The minimum atomic E-state index is -0.271. The zero-order chi connectivity index (χ0) is 20.5. The van der Waals surface area contributed by atoms with Crippen LogP contribution in [0.1, 0.15) is 39.9 Å². The molecule has 28 heavy (non-hydrogen) atoms. The van der Waals surface area contributed by atoms with E-state index in [0.29, 0.717) is 23.4 Å². The Balaban J connectivity index is 1.87. The van der Waals surface area contributed by atoms with E-state index in [1.807, 2.05) is 58.0 Å². The van der Waals surface area contributed by atoms with Gasteiger partial charge in [-0.1, -0.05) is 18.2 Å². The Morgan fingerprint density at radius 3 is 2.46 bits per heavy atom. The number of anilines is 1. The summed E-state index contributed by atoms with van der Waals surface area (Å²) in [7, 11) is 0. The van der Waals surface area contributed by atoms with E-state index in [9.17, 15) is 9.59 Å². The Hall–Kier alpha value is -2.96. The average Bonchev–Trinajstić information content (AvgIpc) is 3.07. The third kappa shape index (κ3) is 3.69. The van der Waals surface area contributed by atoms with Gasteiger partial charge in [-0.25, -0.2) is 9.67 Å². The number of amides is 1. The fraction of sp³-hybridized carbons (Fsp3) is 0.429. The number of aryl methyl sites for hydroxylation is 1. The molecule has 0 bridgehead atoms. The van der Waals surface area contributed by atoms with Crippen molar-refractivity contribution in [1.82, 2.24) is 19.3 Å². The fourth-order valence-electron chi connectivity index (χ4n) is 3.31. The molecule has 148 valence electrons. The molecule has 0 spiro atoms. The molecule has 3 rings (SSSR count). The van der Waals surface area contributed by atoms with Crippen LogP contribution in [0.15, 0.2) is 41.3 Å². The summed E-state index contributed by atoms with van der Waals surface area (Å²) < 4.78 is 3.33. The van der Waals surface area contributed by atoms with Crippen LogP contribution in [0.4, 0.5) is 5.69 Å². The second-order valence-corrected chi connectivity index (χ2v) is 7.80. The molecule has 0 aliphatic carbocycles. The number of carbonyl (C=O) groups excluding carboxylic acids is 1. The van der Waals surface area contributed by atoms with Crippen LogP contribution >= 0.6 is 0 Å². The maximum absolute atomic E-state index is 13.0. The summed E-state index contributed by atoms with van der Waals surface area (Å²) in [5.74, 6) is 0.560. The highest BCUT2D eigenvalue weighted by molar-refractivity contribution is 5.93. The molecule has 7 heteroatoms. The molecule has 2 aromatic heterocycles. The molecule has 1 amide bonds. The van der Waals surface area contributed by atoms with Crippen LogP contribution in [-0.4, -0.2) is 31.8 Å². The Bertz CT molecular complexity index is 1040. The number of hydrogen-bond acceptors (Lipinski definition) is 4. The summed E-state index contributed by atoms with van der Waals surface area (Å²) in [5.41, 5.74) is 1.01. The highest BCUT2D eigenvalue weighted by Gasteiger charge is 2.21. The van der Waals surface area contributed by atoms with Crippen molar-refractivity contribution in [1.29, 1.82) is 0 Å².